The summed E-state index contributed by atoms with van der Waals surface area (Å²) in [6.07, 6.45) is 3.70. The third-order valence-electron chi connectivity index (χ3n) is 4.03. The van der Waals surface area contributed by atoms with E-state index in [2.05, 4.69) is 64.0 Å². The van der Waals surface area contributed by atoms with Gasteiger partial charge in [0.2, 0.25) is 0 Å². The van der Waals surface area contributed by atoms with Crippen LogP contribution in [0.1, 0.15) is 38.5 Å². The zero-order valence-corrected chi connectivity index (χ0v) is 23.4. The molecule has 1 unspecified atom stereocenters. The normalized spacial score (nSPS) is 14.5. The fraction of sp³-hybridized carbons (Fsp3) is 0.842. The van der Waals surface area contributed by atoms with E-state index in [1.54, 1.807) is 0 Å². The van der Waals surface area contributed by atoms with Gasteiger partial charge in [0.05, 0.1) is 18.2 Å². The highest BCUT2D eigenvalue weighted by atomic mass is 28.5. The minimum atomic E-state index is -2.67. The highest BCUT2D eigenvalue weighted by Crippen LogP contribution is 2.34. The van der Waals surface area contributed by atoms with Crippen LogP contribution in [0.3, 0.4) is 0 Å². The maximum Gasteiger partial charge on any atom is 0.319 e. The molecule has 0 saturated carbocycles. The average Bonchev–Trinajstić information content (AvgIpc) is 2.52. The second-order valence-corrected chi connectivity index (χ2v) is 26.1. The Balaban J connectivity index is 5.91. The number of hydrogen-bond acceptors (Lipinski definition) is 6. The van der Waals surface area contributed by atoms with Gasteiger partial charge < -0.3 is 12.3 Å². The van der Waals surface area contributed by atoms with Crippen molar-refractivity contribution in [3.05, 3.63) is 0 Å². The number of nitriles is 3. The van der Waals surface area contributed by atoms with E-state index in [0.29, 0.717) is 19.3 Å². The molecule has 0 bridgehead atoms. The van der Waals surface area contributed by atoms with Crippen LogP contribution >= 0.6 is 0 Å². The first-order valence-electron chi connectivity index (χ1n) is 10.5. The summed E-state index contributed by atoms with van der Waals surface area (Å²) in [4.78, 5) is 0. The Labute approximate surface area is 182 Å². The number of hydrogen-bond donors (Lipinski definition) is 0. The molecule has 0 amide bonds. The molecule has 10 heteroatoms. The molecule has 0 radical (unpaired) electrons. The van der Waals surface area contributed by atoms with Crippen molar-refractivity contribution in [2.75, 3.05) is 0 Å². The molecule has 0 N–H and O–H groups in total. The molecule has 0 fully saturated rings. The zero-order chi connectivity index (χ0) is 22.6. The van der Waals surface area contributed by atoms with Crippen LogP contribution in [0.15, 0.2) is 0 Å². The third-order valence-corrected chi connectivity index (χ3v) is 18.9. The zero-order valence-electron chi connectivity index (χ0n) is 19.4. The number of unbranched alkanes of at least 4 members (excludes halogenated alkanes) is 3. The molecular weight excluding hydrogens is 431 g/mol. The van der Waals surface area contributed by atoms with E-state index in [9.17, 15) is 0 Å². The molecule has 0 aromatic rings. The lowest BCUT2D eigenvalue weighted by Gasteiger charge is -2.44. The van der Waals surface area contributed by atoms with E-state index < -0.39 is 33.8 Å². The number of nitrogens with zero attached hydrogens (tertiary/aromatic N) is 3. The van der Waals surface area contributed by atoms with Gasteiger partial charge in [-0.15, -0.1) is 0 Å². The van der Waals surface area contributed by atoms with Gasteiger partial charge in [0.15, 0.2) is 16.6 Å². The molecule has 0 aliphatic heterocycles. The Morgan fingerprint density at radius 3 is 1.28 bits per heavy atom. The molecule has 0 saturated heterocycles. The van der Waals surface area contributed by atoms with Crippen LogP contribution < -0.4 is 0 Å². The lowest BCUT2D eigenvalue weighted by atomic mass is 10.4. The Hall–Kier alpha value is -0.782. The van der Waals surface area contributed by atoms with Crippen molar-refractivity contribution in [2.24, 2.45) is 0 Å². The van der Waals surface area contributed by atoms with Gasteiger partial charge in [-0.25, -0.2) is 0 Å². The van der Waals surface area contributed by atoms with Crippen LogP contribution in [0, 0.1) is 34.0 Å². The fourth-order valence-electron chi connectivity index (χ4n) is 3.43. The van der Waals surface area contributed by atoms with Crippen LogP contribution in [0.2, 0.25) is 64.0 Å². The summed E-state index contributed by atoms with van der Waals surface area (Å²) in [7, 11) is -9.01. The lowest BCUT2D eigenvalue weighted by Crippen LogP contribution is -2.59. The second kappa shape index (κ2) is 12.8. The molecule has 0 aliphatic rings. The molecule has 0 rings (SSSR count). The minimum absolute atomic E-state index is 0.479. The van der Waals surface area contributed by atoms with E-state index in [-0.39, 0.29) is 0 Å². The summed E-state index contributed by atoms with van der Waals surface area (Å²) in [5.41, 5.74) is 0. The van der Waals surface area contributed by atoms with Gasteiger partial charge in [0, 0.05) is 19.3 Å². The van der Waals surface area contributed by atoms with Crippen molar-refractivity contribution < 1.29 is 12.3 Å². The Morgan fingerprint density at radius 1 is 0.552 bits per heavy atom. The molecule has 0 aromatic carbocycles. The van der Waals surface area contributed by atoms with Crippen molar-refractivity contribution in [1.82, 2.24) is 0 Å². The molecule has 29 heavy (non-hydrogen) atoms. The summed E-state index contributed by atoms with van der Waals surface area (Å²) >= 11 is 0. The smallest absolute Gasteiger partial charge is 0.319 e. The van der Waals surface area contributed by atoms with E-state index in [4.69, 9.17) is 28.1 Å². The molecule has 6 nitrogen and oxygen atoms in total. The van der Waals surface area contributed by atoms with Gasteiger partial charge in [0.25, 0.3) is 0 Å². The van der Waals surface area contributed by atoms with Crippen LogP contribution in [0.5, 0.6) is 0 Å². The molecule has 1 atom stereocenters. The van der Waals surface area contributed by atoms with Gasteiger partial charge in [-0.2, -0.15) is 15.8 Å². The number of rotatable bonds is 15. The van der Waals surface area contributed by atoms with Crippen molar-refractivity contribution in [2.45, 2.75) is 102 Å². The maximum atomic E-state index is 9.05. The van der Waals surface area contributed by atoms with Crippen molar-refractivity contribution >= 4 is 33.8 Å². The first-order valence-corrected chi connectivity index (χ1v) is 22.1. The first kappa shape index (κ1) is 28.2. The quantitative estimate of drug-likeness (QED) is 0.211. The van der Waals surface area contributed by atoms with Gasteiger partial charge in [-0.1, -0.05) is 0 Å². The maximum absolute atomic E-state index is 9.05. The molecule has 0 heterocycles. The highest BCUT2D eigenvalue weighted by Gasteiger charge is 2.48. The van der Waals surface area contributed by atoms with E-state index in [1.807, 2.05) is 0 Å². The summed E-state index contributed by atoms with van der Waals surface area (Å²) in [6, 6.07) is 8.98. The summed E-state index contributed by atoms with van der Waals surface area (Å²) < 4.78 is 20.4. The van der Waals surface area contributed by atoms with Crippen LogP contribution in [0.4, 0.5) is 0 Å². The molecule has 0 spiro atoms. The summed E-state index contributed by atoms with van der Waals surface area (Å²) in [5.74, 6) is 0. The first-order chi connectivity index (χ1) is 13.3. The average molecular weight is 470 g/mol. The largest absolute Gasteiger partial charge is 0.437 e. The van der Waals surface area contributed by atoms with Crippen LogP contribution in [0.25, 0.3) is 0 Å². The van der Waals surface area contributed by atoms with Gasteiger partial charge >= 0.3 is 17.1 Å². The second-order valence-electron chi connectivity index (χ2n) is 9.61. The summed E-state index contributed by atoms with van der Waals surface area (Å²) in [6.45, 7) is 15.1. The standard InChI is InChI=1S/C19H39N3O3Si4/c1-26(2,3)23-28(7,17-11-8-14-20)25-29(18-12-9-15-21,19-13-10-16-22)24-27(4,5)6/h8-13,17-19H2,1-7H3. The topological polar surface area (TPSA) is 99.1 Å². The predicted molar refractivity (Wildman–Crippen MR) is 126 cm³/mol. The van der Waals surface area contributed by atoms with Crippen molar-refractivity contribution in [3.63, 3.8) is 0 Å². The van der Waals surface area contributed by atoms with Gasteiger partial charge in [-0.05, 0) is 83.2 Å². The van der Waals surface area contributed by atoms with Crippen LogP contribution in [-0.2, 0) is 12.3 Å². The Bertz CT molecular complexity index is 595. The molecule has 164 valence electrons. The van der Waals surface area contributed by atoms with Crippen molar-refractivity contribution in [1.29, 1.82) is 15.8 Å². The van der Waals surface area contributed by atoms with E-state index in [1.165, 1.54) is 0 Å². The van der Waals surface area contributed by atoms with E-state index >= 15 is 0 Å². The fourth-order valence-corrected chi connectivity index (χ4v) is 22.3. The van der Waals surface area contributed by atoms with Crippen LogP contribution in [-0.4, -0.2) is 33.8 Å². The Kier molecular flexibility index (Phi) is 12.5. The van der Waals surface area contributed by atoms with Gasteiger partial charge in [-0.3, -0.25) is 0 Å². The SMILES string of the molecule is C[Si](C)(C)O[Si](C)(CCCC#N)O[Si](CCCC#N)(CCCC#N)O[Si](C)(C)C. The van der Waals surface area contributed by atoms with E-state index in [0.717, 1.165) is 37.4 Å². The molecular formula is C19H39N3O3Si4. The monoisotopic (exact) mass is 469 g/mol. The third kappa shape index (κ3) is 14.0. The Morgan fingerprint density at radius 2 is 0.931 bits per heavy atom. The minimum Gasteiger partial charge on any atom is -0.437 e. The predicted octanol–water partition coefficient (Wildman–Crippen LogP) is 6.13. The molecule has 0 aliphatic carbocycles. The van der Waals surface area contributed by atoms with Gasteiger partial charge in [0.1, 0.15) is 0 Å². The lowest BCUT2D eigenvalue weighted by molar-refractivity contribution is 0.306. The van der Waals surface area contributed by atoms with Crippen molar-refractivity contribution in [3.8, 4) is 18.2 Å². The summed E-state index contributed by atoms with van der Waals surface area (Å²) in [5, 5.41) is 27.1. The highest BCUT2D eigenvalue weighted by molar-refractivity contribution is 6.90. The molecule has 0 aromatic heterocycles.